The molecule has 0 aliphatic carbocycles. The Labute approximate surface area is 102 Å². The van der Waals surface area contributed by atoms with Crippen LogP contribution in [0.3, 0.4) is 0 Å². The average Bonchev–Trinajstić information content (AvgIpc) is 1.00. The van der Waals surface area contributed by atoms with Crippen molar-refractivity contribution in [1.82, 2.24) is 0 Å². The standard InChI is InChI=1S/Ba.O.W.Y. The van der Waals surface area contributed by atoms with Gasteiger partial charge in [-0.3, -0.25) is 0 Å². The number of rotatable bonds is 0. The Kier molecular flexibility index (Phi) is 64.4. The maximum atomic E-state index is 8.33. The minimum Gasteiger partial charge on any atom is 0 e. The fraction of sp³-hybridized carbons (Fsp3) is 0. The molecule has 0 aliphatic heterocycles. The van der Waals surface area contributed by atoms with Crippen LogP contribution in [0.1, 0.15) is 0 Å². The van der Waals surface area contributed by atoms with E-state index in [1.54, 1.807) is 0 Å². The van der Waals surface area contributed by atoms with Gasteiger partial charge in [0.2, 0.25) is 0 Å². The largest absolute Gasteiger partial charge is 0 e. The molecule has 0 spiro atoms. The molecular weight excluding hydrogens is 426 g/mol. The van der Waals surface area contributed by atoms with Crippen molar-refractivity contribution in [2.75, 3.05) is 0 Å². The summed E-state index contributed by atoms with van der Waals surface area (Å²) in [5.41, 5.74) is 0. The van der Waals surface area contributed by atoms with Gasteiger partial charge in [0.25, 0.3) is 0 Å². The molecule has 0 N–H and O–H groups in total. The fourth-order valence-electron chi connectivity index (χ4n) is 0. The molecule has 17 valence electrons. The topological polar surface area (TPSA) is 17.1 Å². The summed E-state index contributed by atoms with van der Waals surface area (Å²) in [6, 6.07) is 0. The Morgan fingerprint density at radius 2 is 1.25 bits per heavy atom. The van der Waals surface area contributed by atoms with Gasteiger partial charge in [0.1, 0.15) is 0 Å². The van der Waals surface area contributed by atoms with Gasteiger partial charge < -0.3 is 0 Å². The Morgan fingerprint density at radius 1 is 1.25 bits per heavy atom. The number of hydrogen-bond donors (Lipinski definition) is 0. The fourth-order valence-corrected chi connectivity index (χ4v) is 0. The molecule has 0 aromatic carbocycles. The summed E-state index contributed by atoms with van der Waals surface area (Å²) in [4.78, 5) is 0. The molecule has 0 fully saturated rings. The summed E-state index contributed by atoms with van der Waals surface area (Å²) in [6.07, 6.45) is 0. The summed E-state index contributed by atoms with van der Waals surface area (Å²) in [5, 5.41) is 0. The third-order valence-electron chi connectivity index (χ3n) is 0. The predicted octanol–water partition coefficient (Wildman–Crippen LogP) is -0.505. The van der Waals surface area contributed by atoms with Crippen molar-refractivity contribution in [2.24, 2.45) is 0 Å². The SMILES string of the molecule is [Ba].[O]=[W].[Y]. The van der Waals surface area contributed by atoms with Gasteiger partial charge in [0.05, 0.1) is 0 Å². The molecule has 0 bridgehead atoms. The summed E-state index contributed by atoms with van der Waals surface area (Å²) in [5.74, 6) is 0. The minimum atomic E-state index is 0. The molecule has 0 unspecified atom stereocenters. The van der Waals surface area contributed by atoms with E-state index in [0.717, 1.165) is 0 Å². The molecule has 0 atom stereocenters. The molecular formula is BaOWY. The zero-order valence-electron chi connectivity index (χ0n) is 2.10. The summed E-state index contributed by atoms with van der Waals surface area (Å²) < 4.78 is 8.33. The summed E-state index contributed by atoms with van der Waals surface area (Å²) in [7, 11) is 0. The molecule has 0 aromatic heterocycles. The summed E-state index contributed by atoms with van der Waals surface area (Å²) >= 11 is 0.333. The van der Waals surface area contributed by atoms with Gasteiger partial charge >= 0.3 is 23.2 Å². The molecule has 4 heteroatoms. The van der Waals surface area contributed by atoms with E-state index in [-0.39, 0.29) is 81.6 Å². The van der Waals surface area contributed by atoms with Gasteiger partial charge in [-0.25, -0.2) is 0 Å². The Hall–Kier alpha value is 3.16. The Bertz CT molecular complexity index is 8.00. The molecule has 3 radical (unpaired) electrons. The van der Waals surface area contributed by atoms with Gasteiger partial charge in [0, 0.05) is 81.6 Å². The van der Waals surface area contributed by atoms with E-state index in [0.29, 0.717) is 19.8 Å². The van der Waals surface area contributed by atoms with Crippen LogP contribution in [0.2, 0.25) is 0 Å². The zero-order valence-corrected chi connectivity index (χ0v) is 12.3. The van der Waals surface area contributed by atoms with Crippen LogP contribution in [0.4, 0.5) is 0 Å². The van der Waals surface area contributed by atoms with Gasteiger partial charge in [0.15, 0.2) is 0 Å². The third-order valence-corrected chi connectivity index (χ3v) is 0. The smallest absolute Gasteiger partial charge is 0 e. The molecule has 1 nitrogen and oxygen atoms in total. The molecule has 0 heterocycles. The Balaban J connectivity index is -0.00000000500. The van der Waals surface area contributed by atoms with Crippen molar-refractivity contribution in [1.29, 1.82) is 0 Å². The van der Waals surface area contributed by atoms with Crippen LogP contribution in [-0.2, 0) is 55.9 Å². The van der Waals surface area contributed by atoms with E-state index in [2.05, 4.69) is 0 Å². The van der Waals surface area contributed by atoms with Crippen LogP contribution in [0.5, 0.6) is 0 Å². The van der Waals surface area contributed by atoms with Crippen LogP contribution >= 0.6 is 0 Å². The van der Waals surface area contributed by atoms with Crippen LogP contribution in [0.25, 0.3) is 0 Å². The van der Waals surface area contributed by atoms with Gasteiger partial charge in [-0.1, -0.05) is 0 Å². The van der Waals surface area contributed by atoms with Crippen molar-refractivity contribution in [2.45, 2.75) is 0 Å². The van der Waals surface area contributed by atoms with Crippen molar-refractivity contribution >= 4 is 48.9 Å². The first-order valence-electron chi connectivity index (χ1n) is 0.167. The van der Waals surface area contributed by atoms with Crippen LogP contribution < -0.4 is 0 Å². The third kappa shape index (κ3) is 8.94. The molecule has 0 aliphatic rings. The molecule has 4 heavy (non-hydrogen) atoms. The number of hydrogen-bond acceptors (Lipinski definition) is 1. The zero-order chi connectivity index (χ0) is 2.00. The first-order valence-corrected chi connectivity index (χ1v) is 1.36. The van der Waals surface area contributed by atoms with Crippen molar-refractivity contribution in [3.05, 3.63) is 0 Å². The van der Waals surface area contributed by atoms with Crippen molar-refractivity contribution < 1.29 is 55.9 Å². The Morgan fingerprint density at radius 3 is 1.25 bits per heavy atom. The molecule has 0 rings (SSSR count). The maximum Gasteiger partial charge on any atom is 0 e. The average molecular weight is 426 g/mol. The first kappa shape index (κ1) is 15.7. The van der Waals surface area contributed by atoms with Crippen LogP contribution in [-0.4, -0.2) is 48.9 Å². The maximum absolute atomic E-state index is 8.33. The normalized spacial score (nSPS) is 1.00. The quantitative estimate of drug-likeness (QED) is 0.478. The van der Waals surface area contributed by atoms with E-state index in [1.165, 1.54) is 0 Å². The molecule has 0 aromatic rings. The predicted molar refractivity (Wildman–Crippen MR) is 6.44 cm³/mol. The minimum absolute atomic E-state index is 0. The molecule has 0 saturated heterocycles. The van der Waals surface area contributed by atoms with E-state index < -0.39 is 0 Å². The van der Waals surface area contributed by atoms with Crippen molar-refractivity contribution in [3.8, 4) is 0 Å². The van der Waals surface area contributed by atoms with E-state index >= 15 is 0 Å². The van der Waals surface area contributed by atoms with Crippen LogP contribution in [0.15, 0.2) is 0 Å². The van der Waals surface area contributed by atoms with Gasteiger partial charge in [-0.15, -0.1) is 0 Å². The second-order valence-corrected chi connectivity index (χ2v) is 0. The van der Waals surface area contributed by atoms with Gasteiger partial charge in [-0.05, 0) is 0 Å². The monoisotopic (exact) mass is 427 g/mol. The van der Waals surface area contributed by atoms with Crippen LogP contribution in [0, 0.1) is 0 Å². The first-order chi connectivity index (χ1) is 1.00. The summed E-state index contributed by atoms with van der Waals surface area (Å²) in [6.45, 7) is 0. The van der Waals surface area contributed by atoms with E-state index in [4.69, 9.17) is 3.40 Å². The molecule has 0 amide bonds. The van der Waals surface area contributed by atoms with Crippen molar-refractivity contribution in [3.63, 3.8) is 0 Å². The second-order valence-electron chi connectivity index (χ2n) is 0. The van der Waals surface area contributed by atoms with E-state index in [9.17, 15) is 0 Å². The van der Waals surface area contributed by atoms with E-state index in [1.807, 2.05) is 0 Å². The molecule has 0 saturated carbocycles. The second kappa shape index (κ2) is 16.4. The van der Waals surface area contributed by atoms with Gasteiger partial charge in [-0.2, -0.15) is 0 Å².